The number of nitrogens with one attached hydrogen (secondary N) is 1. The van der Waals surface area contributed by atoms with E-state index in [1.165, 1.54) is 25.3 Å². The highest BCUT2D eigenvalue weighted by Crippen LogP contribution is 2.19. The molecule has 0 atom stereocenters. The Kier molecular flexibility index (Phi) is 5.10. The Labute approximate surface area is 145 Å². The van der Waals surface area contributed by atoms with Gasteiger partial charge in [-0.2, -0.15) is 5.26 Å². The minimum absolute atomic E-state index is 0.0660. The smallest absolute Gasteiger partial charge is 0.264 e. The van der Waals surface area contributed by atoms with Gasteiger partial charge in [-0.15, -0.1) is 5.10 Å². The number of sulfonamides is 1. The molecule has 0 aliphatic carbocycles. The first-order valence-electron chi connectivity index (χ1n) is 6.38. The largest absolute Gasteiger partial charge is 0.293 e. The SMILES string of the molecule is CC(=O)c1cn(CC(=O)NS(=O)(=O)c2cc(Br)cc(C#N)c2)nn1. The summed E-state index contributed by atoms with van der Waals surface area (Å²) < 4.78 is 27.7. The zero-order valence-corrected chi connectivity index (χ0v) is 14.6. The maximum Gasteiger partial charge on any atom is 0.264 e. The topological polar surface area (TPSA) is 135 Å². The molecular formula is C13H10BrN5O4S. The van der Waals surface area contributed by atoms with Crippen LogP contribution in [-0.2, 0) is 21.4 Å². The minimum atomic E-state index is -4.15. The summed E-state index contributed by atoms with van der Waals surface area (Å²) in [6.07, 6.45) is 1.24. The summed E-state index contributed by atoms with van der Waals surface area (Å²) in [5.41, 5.74) is 0.191. The van der Waals surface area contributed by atoms with E-state index in [9.17, 15) is 18.0 Å². The standard InChI is InChI=1S/C13H10BrN5O4S/c1-8(20)12-6-19(18-16-12)7-13(21)17-24(22,23)11-3-9(5-15)2-10(14)4-11/h2-4,6H,7H2,1H3,(H,17,21). The first-order valence-corrected chi connectivity index (χ1v) is 8.66. The molecule has 0 aliphatic heterocycles. The van der Waals surface area contributed by atoms with Gasteiger partial charge >= 0.3 is 0 Å². The number of carbonyl (C=O) groups is 2. The van der Waals surface area contributed by atoms with E-state index >= 15 is 0 Å². The first kappa shape index (κ1) is 17.8. The average molecular weight is 412 g/mol. The molecule has 1 aromatic carbocycles. The molecule has 124 valence electrons. The number of ketones is 1. The lowest BCUT2D eigenvalue weighted by Crippen LogP contribution is -2.33. The van der Waals surface area contributed by atoms with Gasteiger partial charge in [-0.05, 0) is 18.2 Å². The zero-order valence-electron chi connectivity index (χ0n) is 12.2. The fraction of sp³-hybridized carbons (Fsp3) is 0.154. The van der Waals surface area contributed by atoms with E-state index in [0.29, 0.717) is 4.47 Å². The van der Waals surface area contributed by atoms with Gasteiger partial charge in [0.2, 0.25) is 0 Å². The summed E-state index contributed by atoms with van der Waals surface area (Å²) in [5, 5.41) is 16.0. The van der Waals surface area contributed by atoms with Crippen LogP contribution in [0.2, 0.25) is 0 Å². The molecule has 0 fully saturated rings. The van der Waals surface area contributed by atoms with E-state index in [0.717, 1.165) is 10.7 Å². The highest BCUT2D eigenvalue weighted by atomic mass is 79.9. The van der Waals surface area contributed by atoms with Crippen LogP contribution < -0.4 is 4.72 Å². The van der Waals surface area contributed by atoms with Crippen LogP contribution in [-0.4, -0.2) is 35.1 Å². The lowest BCUT2D eigenvalue weighted by atomic mass is 10.2. The van der Waals surface area contributed by atoms with Gasteiger partial charge in [0.25, 0.3) is 15.9 Å². The maximum atomic E-state index is 12.2. The zero-order chi connectivity index (χ0) is 17.9. The lowest BCUT2D eigenvalue weighted by Gasteiger charge is -2.07. The number of amides is 1. The molecule has 2 rings (SSSR count). The molecule has 1 N–H and O–H groups in total. The molecular weight excluding hydrogens is 402 g/mol. The van der Waals surface area contributed by atoms with Crippen molar-refractivity contribution in [1.82, 2.24) is 19.7 Å². The Morgan fingerprint density at radius 3 is 2.67 bits per heavy atom. The van der Waals surface area contributed by atoms with E-state index < -0.39 is 22.5 Å². The molecule has 0 radical (unpaired) electrons. The van der Waals surface area contributed by atoms with E-state index in [2.05, 4.69) is 26.2 Å². The fourth-order valence-corrected chi connectivity index (χ4v) is 3.40. The summed E-state index contributed by atoms with van der Waals surface area (Å²) in [6.45, 7) is 0.859. The van der Waals surface area contributed by atoms with Gasteiger partial charge in [0.1, 0.15) is 12.2 Å². The summed E-state index contributed by atoms with van der Waals surface area (Å²) in [6, 6.07) is 5.68. The van der Waals surface area contributed by atoms with Crippen LogP contribution >= 0.6 is 15.9 Å². The Hall–Kier alpha value is -2.58. The number of hydrogen-bond acceptors (Lipinski definition) is 7. The van der Waals surface area contributed by atoms with Crippen molar-refractivity contribution in [1.29, 1.82) is 5.26 Å². The third-order valence-electron chi connectivity index (χ3n) is 2.76. The summed E-state index contributed by atoms with van der Waals surface area (Å²) in [4.78, 5) is 22.8. The predicted molar refractivity (Wildman–Crippen MR) is 84.2 cm³/mol. The second kappa shape index (κ2) is 6.90. The van der Waals surface area contributed by atoms with Gasteiger partial charge in [0.05, 0.1) is 22.7 Å². The highest BCUT2D eigenvalue weighted by molar-refractivity contribution is 9.10. The molecule has 1 amide bonds. The normalized spacial score (nSPS) is 10.9. The van der Waals surface area contributed by atoms with Crippen LogP contribution in [0.25, 0.3) is 0 Å². The van der Waals surface area contributed by atoms with Crippen molar-refractivity contribution in [3.8, 4) is 6.07 Å². The Morgan fingerprint density at radius 2 is 2.08 bits per heavy atom. The Morgan fingerprint density at radius 1 is 1.38 bits per heavy atom. The molecule has 0 spiro atoms. The van der Waals surface area contributed by atoms with Crippen molar-refractivity contribution in [3.63, 3.8) is 0 Å². The number of rotatable bonds is 5. The number of Topliss-reactive ketones (excluding diaryl/α,β-unsaturated/α-hetero) is 1. The molecule has 1 aromatic heterocycles. The van der Waals surface area contributed by atoms with Gasteiger partial charge in [-0.25, -0.2) is 17.8 Å². The lowest BCUT2D eigenvalue weighted by molar-refractivity contribution is -0.120. The third kappa shape index (κ3) is 4.24. The molecule has 1 heterocycles. The molecule has 11 heteroatoms. The van der Waals surface area contributed by atoms with Crippen LogP contribution in [0, 0.1) is 11.3 Å². The maximum absolute atomic E-state index is 12.2. The van der Waals surface area contributed by atoms with E-state index in [1.807, 2.05) is 10.8 Å². The van der Waals surface area contributed by atoms with Gasteiger partial charge in [-0.1, -0.05) is 21.1 Å². The highest BCUT2D eigenvalue weighted by Gasteiger charge is 2.20. The molecule has 0 saturated heterocycles. The molecule has 24 heavy (non-hydrogen) atoms. The minimum Gasteiger partial charge on any atom is -0.293 e. The average Bonchev–Trinajstić information content (AvgIpc) is 2.94. The molecule has 0 aliphatic rings. The van der Waals surface area contributed by atoms with E-state index in [1.54, 1.807) is 0 Å². The number of nitrogens with zero attached hydrogens (tertiary/aromatic N) is 4. The number of nitriles is 1. The third-order valence-corrected chi connectivity index (χ3v) is 4.57. The number of benzene rings is 1. The number of carbonyl (C=O) groups excluding carboxylic acids is 2. The van der Waals surface area contributed by atoms with E-state index in [-0.39, 0.29) is 21.9 Å². The quantitative estimate of drug-likeness (QED) is 0.712. The van der Waals surface area contributed by atoms with Crippen LogP contribution in [0.15, 0.2) is 33.8 Å². The molecule has 2 aromatic rings. The van der Waals surface area contributed by atoms with Crippen molar-refractivity contribution in [2.24, 2.45) is 0 Å². The van der Waals surface area contributed by atoms with Crippen molar-refractivity contribution in [2.45, 2.75) is 18.4 Å². The van der Waals surface area contributed by atoms with Crippen LogP contribution in [0.3, 0.4) is 0 Å². The predicted octanol–water partition coefficient (Wildman–Crippen LogP) is 0.620. The van der Waals surface area contributed by atoms with Gasteiger partial charge < -0.3 is 0 Å². The van der Waals surface area contributed by atoms with Crippen molar-refractivity contribution >= 4 is 37.6 Å². The second-order valence-corrected chi connectivity index (χ2v) is 7.27. The van der Waals surface area contributed by atoms with Gasteiger partial charge in [0.15, 0.2) is 5.78 Å². The van der Waals surface area contributed by atoms with Crippen molar-refractivity contribution in [2.75, 3.05) is 0 Å². The van der Waals surface area contributed by atoms with E-state index in [4.69, 9.17) is 5.26 Å². The van der Waals surface area contributed by atoms with Gasteiger partial charge in [-0.3, -0.25) is 9.59 Å². The van der Waals surface area contributed by atoms with Crippen LogP contribution in [0.1, 0.15) is 23.0 Å². The molecule has 0 bridgehead atoms. The second-order valence-electron chi connectivity index (χ2n) is 4.67. The van der Waals surface area contributed by atoms with Crippen LogP contribution in [0.5, 0.6) is 0 Å². The summed E-state index contributed by atoms with van der Waals surface area (Å²) >= 11 is 3.10. The molecule has 9 nitrogen and oxygen atoms in total. The summed E-state index contributed by atoms with van der Waals surface area (Å²) in [5.74, 6) is -1.19. The number of hydrogen-bond donors (Lipinski definition) is 1. The number of aromatic nitrogens is 3. The Balaban J connectivity index is 2.16. The fourth-order valence-electron chi connectivity index (χ4n) is 1.71. The monoisotopic (exact) mass is 411 g/mol. The summed E-state index contributed by atoms with van der Waals surface area (Å²) in [7, 11) is -4.15. The van der Waals surface area contributed by atoms with Crippen molar-refractivity contribution < 1.29 is 18.0 Å². The number of halogens is 1. The Bertz CT molecular complexity index is 961. The van der Waals surface area contributed by atoms with Crippen LogP contribution in [0.4, 0.5) is 0 Å². The molecule has 0 saturated carbocycles. The van der Waals surface area contributed by atoms with Crippen molar-refractivity contribution in [3.05, 3.63) is 40.1 Å². The first-order chi connectivity index (χ1) is 11.2. The molecule has 0 unspecified atom stereocenters. The van der Waals surface area contributed by atoms with Gasteiger partial charge in [0, 0.05) is 11.4 Å².